The molecule has 0 saturated heterocycles. The van der Waals surface area contributed by atoms with Crippen LogP contribution in [0.2, 0.25) is 0 Å². The number of thioether (sulfide) groups is 1. The summed E-state index contributed by atoms with van der Waals surface area (Å²) in [7, 11) is 0. The topological polar surface area (TPSA) is 0 Å². The van der Waals surface area contributed by atoms with Crippen molar-refractivity contribution in [1.29, 1.82) is 0 Å². The van der Waals surface area contributed by atoms with E-state index in [0.29, 0.717) is 0 Å². The van der Waals surface area contributed by atoms with E-state index < -0.39 is 0 Å². The molecule has 1 rings (SSSR count). The van der Waals surface area contributed by atoms with Crippen molar-refractivity contribution in [2.75, 3.05) is 5.75 Å². The molecule has 84 valence electrons. The van der Waals surface area contributed by atoms with Gasteiger partial charge in [-0.05, 0) is 17.7 Å². The third-order valence-corrected chi connectivity index (χ3v) is 3.62. The highest BCUT2D eigenvalue weighted by atomic mass is 32.2. The van der Waals surface area contributed by atoms with Gasteiger partial charge in [0.15, 0.2) is 0 Å². The lowest BCUT2D eigenvalue weighted by Gasteiger charge is -2.01. The molecular formula is C14H22S. The SMILES string of the molecule is CCCCCCCSCc1ccccc1. The van der Waals surface area contributed by atoms with Crippen LogP contribution in [0.25, 0.3) is 0 Å². The molecule has 0 aliphatic carbocycles. The van der Waals surface area contributed by atoms with Gasteiger partial charge in [0.2, 0.25) is 0 Å². The summed E-state index contributed by atoms with van der Waals surface area (Å²) >= 11 is 2.06. The highest BCUT2D eigenvalue weighted by Gasteiger charge is 1.93. The van der Waals surface area contributed by atoms with Gasteiger partial charge in [-0.3, -0.25) is 0 Å². The Morgan fingerprint density at radius 3 is 2.40 bits per heavy atom. The van der Waals surface area contributed by atoms with Crippen LogP contribution in [0.1, 0.15) is 44.6 Å². The molecule has 0 aromatic heterocycles. The first kappa shape index (κ1) is 12.6. The van der Waals surface area contributed by atoms with E-state index in [-0.39, 0.29) is 0 Å². The van der Waals surface area contributed by atoms with Crippen molar-refractivity contribution in [3.05, 3.63) is 35.9 Å². The summed E-state index contributed by atoms with van der Waals surface area (Å²) in [6.45, 7) is 2.27. The van der Waals surface area contributed by atoms with Crippen LogP contribution in [0.5, 0.6) is 0 Å². The van der Waals surface area contributed by atoms with Gasteiger partial charge in [-0.25, -0.2) is 0 Å². The third kappa shape index (κ3) is 6.62. The molecule has 0 saturated carbocycles. The molecule has 0 bridgehead atoms. The first-order valence-electron chi connectivity index (χ1n) is 6.05. The molecule has 0 N–H and O–H groups in total. The molecule has 1 aromatic rings. The highest BCUT2D eigenvalue weighted by molar-refractivity contribution is 7.98. The second-order valence-corrected chi connectivity index (χ2v) is 5.06. The van der Waals surface area contributed by atoms with E-state index in [1.54, 1.807) is 0 Å². The Balaban J connectivity index is 1.93. The molecule has 0 spiro atoms. The Labute approximate surface area is 98.5 Å². The molecule has 0 fully saturated rings. The van der Waals surface area contributed by atoms with Crippen LogP contribution < -0.4 is 0 Å². The zero-order valence-corrected chi connectivity index (χ0v) is 10.6. The summed E-state index contributed by atoms with van der Waals surface area (Å²) in [6, 6.07) is 10.8. The lowest BCUT2D eigenvalue weighted by Crippen LogP contribution is -1.84. The average molecular weight is 222 g/mol. The van der Waals surface area contributed by atoms with Crippen LogP contribution in [-0.2, 0) is 5.75 Å². The van der Waals surface area contributed by atoms with Crippen molar-refractivity contribution < 1.29 is 0 Å². The highest BCUT2D eigenvalue weighted by Crippen LogP contribution is 2.14. The fourth-order valence-corrected chi connectivity index (χ4v) is 2.55. The van der Waals surface area contributed by atoms with Crippen LogP contribution in [-0.4, -0.2) is 5.75 Å². The van der Waals surface area contributed by atoms with Crippen LogP contribution in [0, 0.1) is 0 Å². The number of benzene rings is 1. The van der Waals surface area contributed by atoms with Crippen molar-refractivity contribution in [2.45, 2.75) is 44.8 Å². The first-order valence-corrected chi connectivity index (χ1v) is 7.20. The molecule has 0 atom stereocenters. The fourth-order valence-electron chi connectivity index (χ4n) is 1.57. The third-order valence-electron chi connectivity index (χ3n) is 2.50. The quantitative estimate of drug-likeness (QED) is 0.564. The van der Waals surface area contributed by atoms with Crippen LogP contribution in [0.3, 0.4) is 0 Å². The lowest BCUT2D eigenvalue weighted by molar-refractivity contribution is 0.659. The zero-order valence-electron chi connectivity index (χ0n) is 9.74. The maximum atomic E-state index is 2.27. The maximum absolute atomic E-state index is 2.27. The van der Waals surface area contributed by atoms with Crippen LogP contribution in [0.4, 0.5) is 0 Å². The zero-order chi connectivity index (χ0) is 10.8. The van der Waals surface area contributed by atoms with Crippen LogP contribution >= 0.6 is 11.8 Å². The van der Waals surface area contributed by atoms with E-state index in [1.165, 1.54) is 49.2 Å². The van der Waals surface area contributed by atoms with E-state index in [9.17, 15) is 0 Å². The first-order chi connectivity index (χ1) is 7.43. The number of hydrogen-bond donors (Lipinski definition) is 0. The summed E-state index contributed by atoms with van der Waals surface area (Å²) in [5.74, 6) is 2.49. The smallest absolute Gasteiger partial charge is 0.0184 e. The molecule has 0 unspecified atom stereocenters. The van der Waals surface area contributed by atoms with Gasteiger partial charge in [-0.1, -0.05) is 62.9 Å². The van der Waals surface area contributed by atoms with Gasteiger partial charge in [-0.2, -0.15) is 11.8 Å². The van der Waals surface area contributed by atoms with Crippen LogP contribution in [0.15, 0.2) is 30.3 Å². The van der Waals surface area contributed by atoms with Gasteiger partial charge in [0.05, 0.1) is 0 Å². The van der Waals surface area contributed by atoms with Gasteiger partial charge in [0.25, 0.3) is 0 Å². The Bertz CT molecular complexity index is 230. The number of hydrogen-bond acceptors (Lipinski definition) is 1. The Kier molecular flexibility index (Phi) is 7.45. The van der Waals surface area contributed by atoms with Gasteiger partial charge in [0.1, 0.15) is 0 Å². The molecule has 1 heteroatoms. The molecule has 0 aliphatic heterocycles. The Morgan fingerprint density at radius 2 is 1.67 bits per heavy atom. The molecule has 0 heterocycles. The summed E-state index contributed by atoms with van der Waals surface area (Å²) in [4.78, 5) is 0. The van der Waals surface area contributed by atoms with Crippen molar-refractivity contribution in [3.63, 3.8) is 0 Å². The summed E-state index contributed by atoms with van der Waals surface area (Å²) in [5.41, 5.74) is 1.45. The van der Waals surface area contributed by atoms with Gasteiger partial charge < -0.3 is 0 Å². The summed E-state index contributed by atoms with van der Waals surface area (Å²) in [5, 5.41) is 0. The second kappa shape index (κ2) is 8.84. The van der Waals surface area contributed by atoms with E-state index >= 15 is 0 Å². The van der Waals surface area contributed by atoms with Crippen molar-refractivity contribution in [3.8, 4) is 0 Å². The lowest BCUT2D eigenvalue weighted by atomic mass is 10.2. The van der Waals surface area contributed by atoms with Crippen molar-refractivity contribution in [2.24, 2.45) is 0 Å². The second-order valence-electron chi connectivity index (χ2n) is 3.95. The monoisotopic (exact) mass is 222 g/mol. The minimum absolute atomic E-state index is 1.18. The van der Waals surface area contributed by atoms with Gasteiger partial charge >= 0.3 is 0 Å². The molecule has 0 aliphatic rings. The largest absolute Gasteiger partial charge is 0.157 e. The molecule has 1 aromatic carbocycles. The fraction of sp³-hybridized carbons (Fsp3) is 0.571. The van der Waals surface area contributed by atoms with Crippen molar-refractivity contribution >= 4 is 11.8 Å². The van der Waals surface area contributed by atoms with E-state index in [0.717, 1.165) is 0 Å². The molecule has 0 amide bonds. The van der Waals surface area contributed by atoms with E-state index in [4.69, 9.17) is 0 Å². The number of rotatable bonds is 8. The standard InChI is InChI=1S/C14H22S/c1-2-3-4-5-9-12-15-13-14-10-7-6-8-11-14/h6-8,10-11H,2-5,9,12-13H2,1H3. The maximum Gasteiger partial charge on any atom is 0.0184 e. The minimum Gasteiger partial charge on any atom is -0.157 e. The normalized spacial score (nSPS) is 10.5. The Hall–Kier alpha value is -0.430. The molecule has 0 radical (unpaired) electrons. The minimum atomic E-state index is 1.18. The summed E-state index contributed by atoms with van der Waals surface area (Å²) in [6.07, 6.45) is 6.97. The molecular weight excluding hydrogens is 200 g/mol. The number of unbranched alkanes of at least 4 members (excludes halogenated alkanes) is 4. The van der Waals surface area contributed by atoms with E-state index in [2.05, 4.69) is 49.0 Å². The Morgan fingerprint density at radius 1 is 0.933 bits per heavy atom. The predicted molar refractivity (Wildman–Crippen MR) is 71.4 cm³/mol. The molecule has 0 nitrogen and oxygen atoms in total. The van der Waals surface area contributed by atoms with Gasteiger partial charge in [0, 0.05) is 5.75 Å². The predicted octanol–water partition coefficient (Wildman–Crippen LogP) is 4.89. The van der Waals surface area contributed by atoms with Crippen molar-refractivity contribution in [1.82, 2.24) is 0 Å². The molecule has 15 heavy (non-hydrogen) atoms. The average Bonchev–Trinajstić information content (AvgIpc) is 2.29. The van der Waals surface area contributed by atoms with Gasteiger partial charge in [-0.15, -0.1) is 0 Å². The summed E-state index contributed by atoms with van der Waals surface area (Å²) < 4.78 is 0. The van der Waals surface area contributed by atoms with E-state index in [1.807, 2.05) is 0 Å².